The average Bonchev–Trinajstić information content (AvgIpc) is 2.81. The second-order valence-corrected chi connectivity index (χ2v) is 8.05. The normalized spacial score (nSPS) is 16.6. The van der Waals surface area contributed by atoms with Crippen LogP contribution in [0.5, 0.6) is 0 Å². The molecule has 0 spiro atoms. The third-order valence-electron chi connectivity index (χ3n) is 4.66. The van der Waals surface area contributed by atoms with Crippen LogP contribution in [-0.4, -0.2) is 38.0 Å². The van der Waals surface area contributed by atoms with Gasteiger partial charge < -0.3 is 10.0 Å². The van der Waals surface area contributed by atoms with Crippen molar-refractivity contribution >= 4 is 29.4 Å². The lowest BCUT2D eigenvalue weighted by Crippen LogP contribution is -2.43. The summed E-state index contributed by atoms with van der Waals surface area (Å²) in [5.41, 5.74) is -4.22. The van der Waals surface area contributed by atoms with Crippen LogP contribution < -0.4 is 4.90 Å². The van der Waals surface area contributed by atoms with Crippen LogP contribution >= 0.6 is 11.8 Å². The molecule has 29 heavy (non-hydrogen) atoms. The van der Waals surface area contributed by atoms with Crippen LogP contribution in [-0.2, 0) is 17.9 Å². The molecule has 1 fully saturated rings. The Balaban J connectivity index is 1.88. The molecule has 1 aliphatic rings. The molecule has 0 saturated carbocycles. The summed E-state index contributed by atoms with van der Waals surface area (Å²) >= 11 is -0.269. The van der Waals surface area contributed by atoms with Gasteiger partial charge in [-0.1, -0.05) is 0 Å². The zero-order valence-corrected chi connectivity index (χ0v) is 16.4. The van der Waals surface area contributed by atoms with Crippen molar-refractivity contribution in [3.05, 3.63) is 53.9 Å². The molecule has 0 aliphatic carbocycles. The van der Waals surface area contributed by atoms with E-state index >= 15 is 0 Å². The molecular weight excluding hydrogens is 407 g/mol. The van der Waals surface area contributed by atoms with Gasteiger partial charge in [-0.25, -0.2) is 9.69 Å². The highest BCUT2D eigenvalue weighted by atomic mass is 32.2. The van der Waals surface area contributed by atoms with E-state index in [-0.39, 0.29) is 35.5 Å². The zero-order chi connectivity index (χ0) is 21.4. The largest absolute Gasteiger partial charge is 0.446 e. The second-order valence-electron chi connectivity index (χ2n) is 6.91. The monoisotopic (exact) mass is 425 g/mol. The molecule has 3 amide bonds. The van der Waals surface area contributed by atoms with Gasteiger partial charge in [-0.2, -0.15) is 13.2 Å². The molecule has 6 nitrogen and oxygen atoms in total. The number of rotatable bonds is 5. The van der Waals surface area contributed by atoms with Crippen molar-refractivity contribution in [2.45, 2.75) is 42.9 Å². The highest BCUT2D eigenvalue weighted by Gasteiger charge is 2.51. The lowest BCUT2D eigenvalue weighted by Gasteiger charge is -2.28. The van der Waals surface area contributed by atoms with E-state index in [0.717, 1.165) is 4.90 Å². The molecule has 1 N–H and O–H groups in total. The van der Waals surface area contributed by atoms with Gasteiger partial charge >= 0.3 is 11.5 Å². The van der Waals surface area contributed by atoms with Crippen LogP contribution in [0.15, 0.2) is 47.6 Å². The molecule has 0 atom stereocenters. The van der Waals surface area contributed by atoms with E-state index in [2.05, 4.69) is 4.98 Å². The highest BCUT2D eigenvalue weighted by molar-refractivity contribution is 8.00. The minimum Gasteiger partial charge on any atom is -0.392 e. The third kappa shape index (κ3) is 4.23. The Labute approximate surface area is 169 Å². The number of imide groups is 1. The molecule has 0 radical (unpaired) electrons. The van der Waals surface area contributed by atoms with Crippen LogP contribution in [0.2, 0.25) is 0 Å². The predicted molar refractivity (Wildman–Crippen MR) is 101 cm³/mol. The summed E-state index contributed by atoms with van der Waals surface area (Å²) in [6.45, 7) is 3.01. The second kappa shape index (κ2) is 7.68. The number of aliphatic hydroxyl groups excluding tert-OH is 1. The quantitative estimate of drug-likeness (QED) is 0.580. The van der Waals surface area contributed by atoms with E-state index in [9.17, 15) is 27.9 Å². The van der Waals surface area contributed by atoms with Crippen LogP contribution in [0, 0.1) is 0 Å². The first-order valence-electron chi connectivity index (χ1n) is 8.59. The SMILES string of the molecule is CC1(C)C(=O)N(c2ccc(SC(F)(F)F)cc2)C(=O)N1Cc1ccncc1CO. The van der Waals surface area contributed by atoms with E-state index in [4.69, 9.17) is 0 Å². The van der Waals surface area contributed by atoms with Gasteiger partial charge in [0.05, 0.1) is 12.3 Å². The molecule has 154 valence electrons. The smallest absolute Gasteiger partial charge is 0.392 e. The maximum Gasteiger partial charge on any atom is 0.446 e. The maximum atomic E-state index is 13.0. The van der Waals surface area contributed by atoms with Crippen molar-refractivity contribution in [3.63, 3.8) is 0 Å². The molecule has 10 heteroatoms. The molecule has 2 heterocycles. The first-order chi connectivity index (χ1) is 13.5. The molecule has 2 aromatic rings. The molecule has 1 aromatic carbocycles. The Morgan fingerprint density at radius 1 is 1.10 bits per heavy atom. The summed E-state index contributed by atoms with van der Waals surface area (Å²) < 4.78 is 37.5. The number of amides is 3. The number of urea groups is 1. The number of halogens is 3. The first-order valence-corrected chi connectivity index (χ1v) is 9.41. The number of aromatic nitrogens is 1. The van der Waals surface area contributed by atoms with Crippen molar-refractivity contribution in [3.8, 4) is 0 Å². The number of hydrogen-bond donors (Lipinski definition) is 1. The van der Waals surface area contributed by atoms with Crippen LogP contribution in [0.1, 0.15) is 25.0 Å². The molecule has 1 aliphatic heterocycles. The van der Waals surface area contributed by atoms with Crippen molar-refractivity contribution in [1.29, 1.82) is 0 Å². The highest BCUT2D eigenvalue weighted by Crippen LogP contribution is 2.39. The van der Waals surface area contributed by atoms with E-state index < -0.39 is 23.0 Å². The molecule has 0 bridgehead atoms. The van der Waals surface area contributed by atoms with E-state index in [1.807, 2.05) is 0 Å². The number of nitrogens with zero attached hydrogens (tertiary/aromatic N) is 3. The van der Waals surface area contributed by atoms with Crippen LogP contribution in [0.25, 0.3) is 0 Å². The Hall–Kier alpha value is -2.59. The lowest BCUT2D eigenvalue weighted by molar-refractivity contribution is -0.123. The Bertz CT molecular complexity index is 932. The van der Waals surface area contributed by atoms with Gasteiger partial charge in [0.15, 0.2) is 0 Å². The van der Waals surface area contributed by atoms with E-state index in [1.165, 1.54) is 41.6 Å². The van der Waals surface area contributed by atoms with Crippen LogP contribution in [0.3, 0.4) is 0 Å². The molecule has 0 unspecified atom stereocenters. The number of carbonyl (C=O) groups is 2. The standard InChI is InChI=1S/C19H18F3N3O3S/c1-18(2)16(27)25(14-3-5-15(6-4-14)29-19(20,21)22)17(28)24(18)10-12-7-8-23-9-13(12)11-26/h3-9,26H,10-11H2,1-2H3. The number of thioether (sulfide) groups is 1. The Morgan fingerprint density at radius 2 is 1.76 bits per heavy atom. The lowest BCUT2D eigenvalue weighted by atomic mass is 10.0. The van der Waals surface area contributed by atoms with E-state index in [0.29, 0.717) is 11.1 Å². The Morgan fingerprint density at radius 3 is 2.34 bits per heavy atom. The molecular formula is C19H18F3N3O3S. The summed E-state index contributed by atoms with van der Waals surface area (Å²) in [7, 11) is 0. The van der Waals surface area contributed by atoms with Gasteiger partial charge in [-0.05, 0) is 61.5 Å². The molecule has 1 aromatic heterocycles. The first kappa shape index (κ1) is 21.1. The fraction of sp³-hybridized carbons (Fsp3) is 0.316. The van der Waals surface area contributed by atoms with E-state index in [1.54, 1.807) is 19.9 Å². The Kier molecular flexibility index (Phi) is 5.59. The summed E-state index contributed by atoms with van der Waals surface area (Å²) in [6, 6.07) is 6.14. The van der Waals surface area contributed by atoms with Gasteiger partial charge in [0.2, 0.25) is 0 Å². The van der Waals surface area contributed by atoms with Gasteiger partial charge in [0, 0.05) is 29.4 Å². The number of carbonyl (C=O) groups excluding carboxylic acids is 2. The number of alkyl halides is 3. The summed E-state index contributed by atoms with van der Waals surface area (Å²) in [6.07, 6.45) is 3.01. The molecule has 3 rings (SSSR count). The minimum absolute atomic E-state index is 0.0409. The van der Waals surface area contributed by atoms with Gasteiger partial charge in [-0.3, -0.25) is 9.78 Å². The number of anilines is 1. The summed E-state index contributed by atoms with van der Waals surface area (Å²) in [5, 5.41) is 9.47. The predicted octanol–water partition coefficient (Wildman–Crippen LogP) is 3.93. The van der Waals surface area contributed by atoms with Crippen LogP contribution in [0.4, 0.5) is 23.7 Å². The number of pyridine rings is 1. The van der Waals surface area contributed by atoms with Crippen molar-refractivity contribution in [2.24, 2.45) is 0 Å². The fourth-order valence-electron chi connectivity index (χ4n) is 3.05. The minimum atomic E-state index is -4.42. The maximum absolute atomic E-state index is 13.0. The van der Waals surface area contributed by atoms with Crippen molar-refractivity contribution in [2.75, 3.05) is 4.90 Å². The number of benzene rings is 1. The average molecular weight is 425 g/mol. The zero-order valence-electron chi connectivity index (χ0n) is 15.6. The molecule has 1 saturated heterocycles. The van der Waals surface area contributed by atoms with Crippen molar-refractivity contribution < 1.29 is 27.9 Å². The third-order valence-corrected chi connectivity index (χ3v) is 5.39. The van der Waals surface area contributed by atoms with Gasteiger partial charge in [-0.15, -0.1) is 0 Å². The van der Waals surface area contributed by atoms with Gasteiger partial charge in [0.1, 0.15) is 5.54 Å². The van der Waals surface area contributed by atoms with Gasteiger partial charge in [0.25, 0.3) is 5.91 Å². The van der Waals surface area contributed by atoms with Crippen molar-refractivity contribution in [1.82, 2.24) is 9.88 Å². The topological polar surface area (TPSA) is 73.7 Å². The fourth-order valence-corrected chi connectivity index (χ4v) is 3.59. The number of hydrogen-bond acceptors (Lipinski definition) is 5. The summed E-state index contributed by atoms with van der Waals surface area (Å²) in [5.74, 6) is -0.488. The number of aliphatic hydroxyl groups is 1. The summed E-state index contributed by atoms with van der Waals surface area (Å²) in [4.78, 5) is 32.2.